The average molecular weight is 376 g/mol. The van der Waals surface area contributed by atoms with Crippen LogP contribution in [-0.2, 0) is 0 Å². The quantitative estimate of drug-likeness (QED) is 0.544. The van der Waals surface area contributed by atoms with Crippen molar-refractivity contribution in [3.05, 3.63) is 57.7 Å². The van der Waals surface area contributed by atoms with Gasteiger partial charge in [0.2, 0.25) is 0 Å². The van der Waals surface area contributed by atoms with Crippen molar-refractivity contribution in [2.75, 3.05) is 0 Å². The Balaban J connectivity index is 1.76. The van der Waals surface area contributed by atoms with Gasteiger partial charge in [0.25, 0.3) is 0 Å². The zero-order chi connectivity index (χ0) is 13.9. The van der Waals surface area contributed by atoms with Crippen LogP contribution in [0, 0.1) is 9.49 Å². The highest BCUT2D eigenvalue weighted by atomic mass is 127. The molecule has 0 radical (unpaired) electrons. The first-order valence-corrected chi connectivity index (χ1v) is 8.66. The third-order valence-electron chi connectivity index (χ3n) is 4.58. The summed E-state index contributed by atoms with van der Waals surface area (Å²) in [6.45, 7) is 2.39. The van der Waals surface area contributed by atoms with Crippen molar-refractivity contribution in [2.45, 2.75) is 38.5 Å². The summed E-state index contributed by atoms with van der Waals surface area (Å²) in [5.74, 6) is 1.72. The van der Waals surface area contributed by atoms with Gasteiger partial charge in [-0.15, -0.1) is 0 Å². The topological polar surface area (TPSA) is 0 Å². The zero-order valence-electron chi connectivity index (χ0n) is 12.0. The molecule has 2 aromatic rings. The van der Waals surface area contributed by atoms with Crippen molar-refractivity contribution in [1.29, 1.82) is 0 Å². The summed E-state index contributed by atoms with van der Waals surface area (Å²) in [7, 11) is 0. The number of halogens is 1. The second-order valence-corrected chi connectivity index (χ2v) is 7.33. The first kappa shape index (κ1) is 14.1. The molecule has 3 rings (SSSR count). The first-order valence-electron chi connectivity index (χ1n) is 7.58. The van der Waals surface area contributed by atoms with Crippen molar-refractivity contribution < 1.29 is 0 Å². The smallest absolute Gasteiger partial charge is 0.0130 e. The fraction of sp³-hybridized carbons (Fsp3) is 0.368. The van der Waals surface area contributed by atoms with Gasteiger partial charge >= 0.3 is 0 Å². The van der Waals surface area contributed by atoms with Crippen LogP contribution in [0.15, 0.2) is 48.5 Å². The third kappa shape index (κ3) is 3.25. The normalized spacial score (nSPS) is 22.7. The summed E-state index contributed by atoms with van der Waals surface area (Å²) in [6, 6.07) is 18.0. The number of rotatable bonds is 2. The average Bonchev–Trinajstić information content (AvgIpc) is 2.49. The fourth-order valence-electron chi connectivity index (χ4n) is 3.18. The van der Waals surface area contributed by atoms with E-state index in [-0.39, 0.29) is 0 Å². The lowest BCUT2D eigenvalue weighted by Crippen LogP contribution is -2.10. The van der Waals surface area contributed by atoms with Crippen molar-refractivity contribution in [3.8, 4) is 11.1 Å². The molecular formula is C19H21I. The molecule has 0 saturated heterocycles. The molecule has 0 spiro atoms. The first-order chi connectivity index (χ1) is 9.72. The number of benzene rings is 2. The van der Waals surface area contributed by atoms with Gasteiger partial charge in [0.05, 0.1) is 0 Å². The Morgan fingerprint density at radius 3 is 1.80 bits per heavy atom. The Labute approximate surface area is 135 Å². The molecule has 20 heavy (non-hydrogen) atoms. The van der Waals surface area contributed by atoms with Gasteiger partial charge in [0, 0.05) is 3.57 Å². The predicted molar refractivity (Wildman–Crippen MR) is 95.0 cm³/mol. The van der Waals surface area contributed by atoms with Crippen LogP contribution in [0.1, 0.15) is 44.1 Å². The van der Waals surface area contributed by atoms with Gasteiger partial charge in [0.1, 0.15) is 0 Å². The molecular weight excluding hydrogens is 355 g/mol. The minimum atomic E-state index is 0.789. The summed E-state index contributed by atoms with van der Waals surface area (Å²) in [5, 5.41) is 0. The summed E-state index contributed by atoms with van der Waals surface area (Å²) in [6.07, 6.45) is 5.52. The van der Waals surface area contributed by atoms with Crippen LogP contribution in [-0.4, -0.2) is 0 Å². The fourth-order valence-corrected chi connectivity index (χ4v) is 3.54. The molecule has 1 aliphatic carbocycles. The molecule has 0 aromatic heterocycles. The predicted octanol–water partition coefficient (Wildman–Crippen LogP) is 6.25. The Morgan fingerprint density at radius 1 is 0.750 bits per heavy atom. The highest BCUT2D eigenvalue weighted by Gasteiger charge is 2.19. The molecule has 0 aliphatic heterocycles. The number of hydrogen-bond donors (Lipinski definition) is 0. The van der Waals surface area contributed by atoms with E-state index in [1.807, 2.05) is 0 Å². The summed E-state index contributed by atoms with van der Waals surface area (Å²) >= 11 is 2.35. The van der Waals surface area contributed by atoms with Crippen LogP contribution in [0.4, 0.5) is 0 Å². The van der Waals surface area contributed by atoms with E-state index >= 15 is 0 Å². The molecule has 1 heteroatoms. The lowest BCUT2D eigenvalue weighted by molar-refractivity contribution is 0.348. The van der Waals surface area contributed by atoms with Gasteiger partial charge < -0.3 is 0 Å². The SMILES string of the molecule is CC1CCC(c2ccc(-c3ccc(I)cc3)cc2)CC1. The molecule has 1 fully saturated rings. The van der Waals surface area contributed by atoms with Gasteiger partial charge in [-0.1, -0.05) is 56.2 Å². The van der Waals surface area contributed by atoms with E-state index in [1.54, 1.807) is 0 Å². The van der Waals surface area contributed by atoms with Crippen LogP contribution in [0.25, 0.3) is 11.1 Å². The van der Waals surface area contributed by atoms with Crippen LogP contribution in [0.5, 0.6) is 0 Å². The maximum Gasteiger partial charge on any atom is 0.0130 e. The van der Waals surface area contributed by atoms with Crippen molar-refractivity contribution >= 4 is 22.6 Å². The molecule has 1 saturated carbocycles. The lowest BCUT2D eigenvalue weighted by Gasteiger charge is -2.26. The number of hydrogen-bond acceptors (Lipinski definition) is 0. The molecule has 0 bridgehead atoms. The summed E-state index contributed by atoms with van der Waals surface area (Å²) < 4.78 is 1.29. The minimum Gasteiger partial charge on any atom is -0.0625 e. The maximum absolute atomic E-state index is 2.39. The monoisotopic (exact) mass is 376 g/mol. The minimum absolute atomic E-state index is 0.789. The van der Waals surface area contributed by atoms with Gasteiger partial charge in [0.15, 0.2) is 0 Å². The van der Waals surface area contributed by atoms with E-state index in [1.165, 1.54) is 45.9 Å². The van der Waals surface area contributed by atoms with E-state index in [2.05, 4.69) is 78.0 Å². The van der Waals surface area contributed by atoms with Gasteiger partial charge in [-0.3, -0.25) is 0 Å². The van der Waals surface area contributed by atoms with Crippen LogP contribution < -0.4 is 0 Å². The second kappa shape index (κ2) is 6.30. The highest BCUT2D eigenvalue weighted by molar-refractivity contribution is 14.1. The molecule has 104 valence electrons. The Kier molecular flexibility index (Phi) is 4.45. The zero-order valence-corrected chi connectivity index (χ0v) is 14.1. The Hall–Kier alpha value is -0.830. The van der Waals surface area contributed by atoms with Crippen molar-refractivity contribution in [3.63, 3.8) is 0 Å². The molecule has 0 N–H and O–H groups in total. The second-order valence-electron chi connectivity index (χ2n) is 6.09. The third-order valence-corrected chi connectivity index (χ3v) is 5.29. The van der Waals surface area contributed by atoms with E-state index in [9.17, 15) is 0 Å². The standard InChI is InChI=1S/C19H21I/c1-14-2-4-15(5-3-14)16-6-8-17(9-7-16)18-10-12-19(20)13-11-18/h6-15H,2-5H2,1H3. The highest BCUT2D eigenvalue weighted by Crippen LogP contribution is 2.36. The van der Waals surface area contributed by atoms with Crippen molar-refractivity contribution in [2.24, 2.45) is 5.92 Å². The van der Waals surface area contributed by atoms with E-state index in [4.69, 9.17) is 0 Å². The summed E-state index contributed by atoms with van der Waals surface area (Å²) in [5.41, 5.74) is 4.18. The van der Waals surface area contributed by atoms with E-state index < -0.39 is 0 Å². The molecule has 0 amide bonds. The van der Waals surface area contributed by atoms with Crippen LogP contribution in [0.2, 0.25) is 0 Å². The van der Waals surface area contributed by atoms with E-state index in [0.29, 0.717) is 0 Å². The van der Waals surface area contributed by atoms with Gasteiger partial charge in [-0.2, -0.15) is 0 Å². The summed E-state index contributed by atoms with van der Waals surface area (Å²) in [4.78, 5) is 0. The molecule has 0 atom stereocenters. The van der Waals surface area contributed by atoms with Crippen LogP contribution >= 0.6 is 22.6 Å². The Bertz CT molecular complexity index is 545. The lowest BCUT2D eigenvalue weighted by atomic mass is 9.79. The Morgan fingerprint density at radius 2 is 1.25 bits per heavy atom. The molecule has 2 aromatic carbocycles. The largest absolute Gasteiger partial charge is 0.0625 e. The molecule has 0 unspecified atom stereocenters. The van der Waals surface area contributed by atoms with Gasteiger partial charge in [-0.25, -0.2) is 0 Å². The molecule has 0 heterocycles. The van der Waals surface area contributed by atoms with Gasteiger partial charge in [-0.05, 0) is 76.1 Å². The molecule has 1 aliphatic rings. The van der Waals surface area contributed by atoms with Crippen molar-refractivity contribution in [1.82, 2.24) is 0 Å². The maximum atomic E-state index is 2.39. The molecule has 0 nitrogen and oxygen atoms in total. The van der Waals surface area contributed by atoms with E-state index in [0.717, 1.165) is 11.8 Å². The van der Waals surface area contributed by atoms with Crippen LogP contribution in [0.3, 0.4) is 0 Å².